The molecule has 0 spiro atoms. The summed E-state index contributed by atoms with van der Waals surface area (Å²) >= 11 is 0. The Morgan fingerprint density at radius 1 is 0.848 bits per heavy atom. The van der Waals surface area contributed by atoms with Gasteiger partial charge in [0.25, 0.3) is 5.91 Å². The van der Waals surface area contributed by atoms with Crippen LogP contribution in [0.25, 0.3) is 0 Å². The van der Waals surface area contributed by atoms with Gasteiger partial charge in [-0.1, -0.05) is 68.7 Å². The molecule has 0 aromatic carbocycles. The van der Waals surface area contributed by atoms with Gasteiger partial charge in [-0.25, -0.2) is 0 Å². The van der Waals surface area contributed by atoms with Gasteiger partial charge in [0.15, 0.2) is 12.4 Å². The normalized spacial score (nSPS) is 14.9. The number of aromatic nitrogens is 1. The van der Waals surface area contributed by atoms with Crippen LogP contribution in [0.2, 0.25) is 0 Å². The molecule has 1 aromatic rings. The zero-order chi connectivity index (χ0) is 34.3. The maximum Gasteiger partial charge on any atom is 0.252 e. The van der Waals surface area contributed by atoms with Crippen LogP contribution in [0.3, 0.4) is 0 Å². The number of hydrogen-bond donors (Lipinski definition) is 6. The van der Waals surface area contributed by atoms with E-state index in [9.17, 15) is 34.3 Å². The Balaban J connectivity index is 0.0000202. The van der Waals surface area contributed by atoms with Crippen molar-refractivity contribution in [1.29, 1.82) is 0 Å². The molecule has 5 amide bonds. The predicted molar refractivity (Wildman–Crippen MR) is 177 cm³/mol. The maximum atomic E-state index is 13.5. The fourth-order valence-electron chi connectivity index (χ4n) is 4.80. The monoisotopic (exact) mass is 650 g/mol. The van der Waals surface area contributed by atoms with Crippen molar-refractivity contribution in [3.05, 3.63) is 35.3 Å². The van der Waals surface area contributed by atoms with Crippen LogP contribution < -0.4 is 31.3 Å². The van der Waals surface area contributed by atoms with E-state index in [4.69, 9.17) is 0 Å². The molecular weight excluding hydrogens is 592 g/mol. The lowest BCUT2D eigenvalue weighted by atomic mass is 9.95. The molecule has 6 N–H and O–H groups in total. The van der Waals surface area contributed by atoms with Crippen molar-refractivity contribution in [2.45, 2.75) is 125 Å². The Bertz CT molecular complexity index is 1110. The van der Waals surface area contributed by atoms with Gasteiger partial charge in [-0.3, -0.25) is 24.0 Å². The Morgan fingerprint density at radius 3 is 1.96 bits per heavy atom. The van der Waals surface area contributed by atoms with Gasteiger partial charge in [0.1, 0.15) is 18.1 Å². The lowest BCUT2D eigenvalue weighted by Gasteiger charge is -2.30. The van der Waals surface area contributed by atoms with Gasteiger partial charge >= 0.3 is 0 Å². The maximum absolute atomic E-state index is 13.5. The largest absolute Gasteiger partial charge is 0.619 e. The zero-order valence-corrected chi connectivity index (χ0v) is 28.0. The van der Waals surface area contributed by atoms with Crippen molar-refractivity contribution in [2.75, 3.05) is 6.54 Å². The van der Waals surface area contributed by atoms with Crippen LogP contribution in [0.1, 0.15) is 105 Å². The highest BCUT2D eigenvalue weighted by Crippen LogP contribution is 2.14. The first-order valence-corrected chi connectivity index (χ1v) is 16.0. The second kappa shape index (κ2) is 21.1. The third-order valence-corrected chi connectivity index (χ3v) is 7.59. The Morgan fingerprint density at radius 2 is 1.46 bits per heavy atom. The molecule has 0 bridgehead atoms. The highest BCUT2D eigenvalue weighted by atomic mass is 16.5. The number of amides is 5. The Kier molecular flexibility index (Phi) is 19.4. The number of likely N-dealkylation sites (N-methyl/N-ethyl adjacent to an activating group) is 1. The van der Waals surface area contributed by atoms with E-state index in [1.54, 1.807) is 6.92 Å². The van der Waals surface area contributed by atoms with E-state index < -0.39 is 53.9 Å². The molecule has 0 unspecified atom stereocenters. The Hall–Kier alpha value is -3.74. The van der Waals surface area contributed by atoms with Crippen LogP contribution in [0.4, 0.5) is 0 Å². The summed E-state index contributed by atoms with van der Waals surface area (Å²) in [5, 5.41) is 36.1. The van der Waals surface area contributed by atoms with Gasteiger partial charge in [-0.15, -0.1) is 0 Å². The fourth-order valence-corrected chi connectivity index (χ4v) is 4.80. The second-order valence-corrected chi connectivity index (χ2v) is 12.3. The van der Waals surface area contributed by atoms with Crippen molar-refractivity contribution < 1.29 is 33.8 Å². The van der Waals surface area contributed by atoms with E-state index in [0.29, 0.717) is 37.0 Å². The van der Waals surface area contributed by atoms with Gasteiger partial charge in [-0.05, 0) is 37.5 Å². The summed E-state index contributed by atoms with van der Waals surface area (Å²) in [5.41, 5.74) is 0.214. The van der Waals surface area contributed by atoms with E-state index in [-0.39, 0.29) is 43.1 Å². The smallest absolute Gasteiger partial charge is 0.252 e. The van der Waals surface area contributed by atoms with Crippen LogP contribution in [0, 0.1) is 23.0 Å². The van der Waals surface area contributed by atoms with Crippen molar-refractivity contribution >= 4 is 29.5 Å². The van der Waals surface area contributed by atoms with Crippen LogP contribution in [-0.4, -0.2) is 71.5 Å². The highest BCUT2D eigenvalue weighted by molar-refractivity contribution is 5.98. The lowest BCUT2D eigenvalue weighted by Crippen LogP contribution is -2.58. The molecule has 13 heteroatoms. The van der Waals surface area contributed by atoms with E-state index >= 15 is 0 Å². The molecule has 1 aromatic heterocycles. The van der Waals surface area contributed by atoms with E-state index in [2.05, 4.69) is 26.6 Å². The van der Waals surface area contributed by atoms with E-state index in [0.717, 1.165) is 0 Å². The quantitative estimate of drug-likeness (QED) is 0.0973. The molecule has 0 saturated carbocycles. The van der Waals surface area contributed by atoms with Crippen LogP contribution in [0.5, 0.6) is 0 Å². The predicted octanol–water partition coefficient (Wildman–Crippen LogP) is 1.94. The molecule has 46 heavy (non-hydrogen) atoms. The average molecular weight is 651 g/mol. The van der Waals surface area contributed by atoms with Gasteiger partial charge in [0.2, 0.25) is 23.6 Å². The number of nitrogens with one attached hydrogen (secondary N) is 5. The third kappa shape index (κ3) is 14.1. The number of carbonyl (C=O) groups is 5. The highest BCUT2D eigenvalue weighted by Gasteiger charge is 2.33. The molecule has 0 radical (unpaired) electrons. The van der Waals surface area contributed by atoms with Crippen LogP contribution in [0.15, 0.2) is 24.5 Å². The minimum atomic E-state index is -1.25. The summed E-state index contributed by atoms with van der Waals surface area (Å²) < 4.78 is 0.550. The topological polar surface area (TPSA) is 193 Å². The molecule has 0 aliphatic heterocycles. The number of aliphatic hydroxyl groups excluding tert-OH is 1. The van der Waals surface area contributed by atoms with Crippen molar-refractivity contribution in [1.82, 2.24) is 26.6 Å². The molecular formula is C33H58N6O7. The first kappa shape index (κ1) is 42.3. The molecule has 0 fully saturated rings. The molecule has 0 saturated heterocycles. The fraction of sp³-hybridized carbons (Fsp3) is 0.697. The van der Waals surface area contributed by atoms with Crippen LogP contribution >= 0.6 is 0 Å². The van der Waals surface area contributed by atoms with Crippen molar-refractivity contribution in [3.63, 3.8) is 0 Å². The number of carbonyl (C=O) groups excluding carboxylic acids is 5. The first-order chi connectivity index (χ1) is 21.1. The first-order valence-electron chi connectivity index (χ1n) is 16.0. The number of nitrogens with zero attached hydrogens (tertiary/aromatic N) is 1. The molecule has 0 aliphatic rings. The van der Waals surface area contributed by atoms with Gasteiger partial charge in [0, 0.05) is 18.7 Å². The molecule has 6 atom stereocenters. The molecule has 13 nitrogen and oxygen atoms in total. The minimum absolute atomic E-state index is 0. The zero-order valence-electron chi connectivity index (χ0n) is 28.0. The van der Waals surface area contributed by atoms with Crippen molar-refractivity contribution in [3.8, 4) is 0 Å². The van der Waals surface area contributed by atoms with Crippen molar-refractivity contribution in [2.24, 2.45) is 17.8 Å². The summed E-state index contributed by atoms with van der Waals surface area (Å²) in [7, 11) is 0. The average Bonchev–Trinajstić information content (AvgIpc) is 2.97. The van der Waals surface area contributed by atoms with E-state index in [1.165, 1.54) is 24.5 Å². The molecule has 1 rings (SSSR count). The van der Waals surface area contributed by atoms with Gasteiger partial charge < -0.3 is 36.9 Å². The lowest BCUT2D eigenvalue weighted by molar-refractivity contribution is -0.605. The van der Waals surface area contributed by atoms with Gasteiger partial charge in [-0.2, -0.15) is 4.73 Å². The summed E-state index contributed by atoms with van der Waals surface area (Å²) in [4.78, 5) is 65.1. The summed E-state index contributed by atoms with van der Waals surface area (Å²) in [6, 6.07) is -0.770. The molecule has 262 valence electrons. The number of hydrogen-bond acceptors (Lipinski definition) is 7. The standard InChI is InChI=1S/C32H54N6O7.CH4/c1-9-12-23(34-32(44)28(21(8)10-2)37-29(41)22-13-15-38(45)16-14-22)30(42)35-24(17-19(4)5)25(39)18-26(40)36-27(20(6)7)31(43)33-11-3;/h13-16,19-21,23-25,27-28,39H,9-12,17-18H2,1-8H3,(H,33,43)(H,34,44)(H,35,42)(H,36,40)(H,37,41);1H4/t21-,23-,24-,25-,27-,28-;/m0./s1. The second-order valence-electron chi connectivity index (χ2n) is 12.3. The van der Waals surface area contributed by atoms with Crippen LogP contribution in [-0.2, 0) is 19.2 Å². The Labute approximate surface area is 274 Å². The number of aliphatic hydroxyl groups is 1. The van der Waals surface area contributed by atoms with Gasteiger partial charge in [0.05, 0.1) is 24.1 Å². The third-order valence-electron chi connectivity index (χ3n) is 7.59. The summed E-state index contributed by atoms with van der Waals surface area (Å²) in [6.45, 7) is 15.2. The van der Waals surface area contributed by atoms with E-state index in [1.807, 2.05) is 48.5 Å². The molecule has 0 aliphatic carbocycles. The summed E-state index contributed by atoms with van der Waals surface area (Å²) in [6.07, 6.45) is 2.59. The SMILES string of the molecule is C.CCC[C@H](NC(=O)[C@@H](NC(=O)c1cc[n+]([O-])cc1)[C@@H](C)CC)C(=O)N[C@@H](CC(C)C)[C@@H](O)CC(=O)N[C@H](C(=O)NCC)C(C)C. The number of pyridine rings is 1. The minimum Gasteiger partial charge on any atom is -0.619 e. The summed E-state index contributed by atoms with van der Waals surface area (Å²) in [5.74, 6) is -2.81. The number of rotatable bonds is 19. The molecule has 1 heterocycles.